The topological polar surface area (TPSA) is 52.4 Å². The molecule has 0 atom stereocenters. The molecule has 0 N–H and O–H groups in total. The van der Waals surface area contributed by atoms with Gasteiger partial charge in [0.2, 0.25) is 0 Å². The van der Waals surface area contributed by atoms with Gasteiger partial charge in [-0.05, 0) is 18.2 Å². The molecule has 0 heterocycles. The number of nitro benzene ring substituents is 1. The number of nitro groups is 1. The Hall–Kier alpha value is -2.30. The predicted octanol–water partition coefficient (Wildman–Crippen LogP) is 5.85. The SMILES string of the molecule is O=[N+]([O-])c1ccc(Oc2ccc(Cl)c3ccccc23)c(Cl)c1. The molecule has 0 aromatic heterocycles. The summed E-state index contributed by atoms with van der Waals surface area (Å²) in [5, 5.41) is 13.2. The summed E-state index contributed by atoms with van der Waals surface area (Å²) >= 11 is 12.2. The fraction of sp³-hybridized carbons (Fsp3) is 0. The van der Waals surface area contributed by atoms with E-state index in [9.17, 15) is 10.1 Å². The molecule has 4 nitrogen and oxygen atoms in total. The molecule has 0 fully saturated rings. The molecule has 0 bridgehead atoms. The Kier molecular flexibility index (Phi) is 3.88. The van der Waals surface area contributed by atoms with E-state index in [-0.39, 0.29) is 10.7 Å². The molecule has 0 amide bonds. The van der Waals surface area contributed by atoms with Gasteiger partial charge in [0.25, 0.3) is 5.69 Å². The Morgan fingerprint density at radius 3 is 2.23 bits per heavy atom. The minimum atomic E-state index is -0.507. The largest absolute Gasteiger partial charge is 0.455 e. The first kappa shape index (κ1) is 14.6. The number of non-ortho nitro benzene ring substituents is 1. The Bertz CT molecular complexity index is 880. The number of ether oxygens (including phenoxy) is 1. The van der Waals surface area contributed by atoms with Crippen LogP contribution in [0.4, 0.5) is 5.69 Å². The molecule has 0 saturated carbocycles. The summed E-state index contributed by atoms with van der Waals surface area (Å²) in [6, 6.07) is 15.1. The van der Waals surface area contributed by atoms with Gasteiger partial charge in [-0.1, -0.05) is 47.5 Å². The molecule has 0 radical (unpaired) electrons. The molecule has 110 valence electrons. The second-order valence-electron chi connectivity index (χ2n) is 4.57. The van der Waals surface area contributed by atoms with Crippen LogP contribution in [0, 0.1) is 10.1 Å². The van der Waals surface area contributed by atoms with E-state index in [2.05, 4.69) is 0 Å². The first-order valence-electron chi connectivity index (χ1n) is 6.35. The summed E-state index contributed by atoms with van der Waals surface area (Å²) in [6.07, 6.45) is 0. The smallest absolute Gasteiger partial charge is 0.271 e. The van der Waals surface area contributed by atoms with Crippen LogP contribution < -0.4 is 4.74 Å². The highest BCUT2D eigenvalue weighted by atomic mass is 35.5. The van der Waals surface area contributed by atoms with Gasteiger partial charge in [0.05, 0.1) is 9.95 Å². The van der Waals surface area contributed by atoms with Crippen LogP contribution in [0.1, 0.15) is 0 Å². The highest BCUT2D eigenvalue weighted by Gasteiger charge is 2.12. The fourth-order valence-electron chi connectivity index (χ4n) is 2.13. The molecule has 3 rings (SSSR count). The van der Waals surface area contributed by atoms with Crippen LogP contribution in [0.15, 0.2) is 54.6 Å². The summed E-state index contributed by atoms with van der Waals surface area (Å²) in [5.41, 5.74) is -0.0849. The van der Waals surface area contributed by atoms with Gasteiger partial charge in [0.1, 0.15) is 11.5 Å². The van der Waals surface area contributed by atoms with Gasteiger partial charge in [-0.25, -0.2) is 0 Å². The molecule has 3 aromatic rings. The zero-order chi connectivity index (χ0) is 15.7. The minimum absolute atomic E-state index is 0.0849. The van der Waals surface area contributed by atoms with Crippen molar-refractivity contribution in [3.05, 3.63) is 74.8 Å². The number of benzene rings is 3. The second kappa shape index (κ2) is 5.83. The van der Waals surface area contributed by atoms with Crippen LogP contribution in [0.2, 0.25) is 10.0 Å². The van der Waals surface area contributed by atoms with Gasteiger partial charge in [0, 0.05) is 27.9 Å². The molecule has 0 spiro atoms. The molecule has 0 aliphatic rings. The molecular weight excluding hydrogens is 325 g/mol. The third-order valence-electron chi connectivity index (χ3n) is 3.18. The monoisotopic (exact) mass is 333 g/mol. The maximum absolute atomic E-state index is 10.7. The van der Waals surface area contributed by atoms with Crippen molar-refractivity contribution in [3.8, 4) is 11.5 Å². The van der Waals surface area contributed by atoms with E-state index in [1.165, 1.54) is 18.2 Å². The maximum Gasteiger partial charge on any atom is 0.271 e. The van der Waals surface area contributed by atoms with Crippen molar-refractivity contribution in [2.75, 3.05) is 0 Å². The summed E-state index contributed by atoms with van der Waals surface area (Å²) in [5.74, 6) is 0.926. The number of hydrogen-bond donors (Lipinski definition) is 0. The molecule has 0 unspecified atom stereocenters. The highest BCUT2D eigenvalue weighted by molar-refractivity contribution is 6.35. The Morgan fingerprint density at radius 1 is 0.864 bits per heavy atom. The van der Waals surface area contributed by atoms with Crippen LogP contribution in [-0.2, 0) is 0 Å². The van der Waals surface area contributed by atoms with Crippen LogP contribution in [0.25, 0.3) is 10.8 Å². The fourth-order valence-corrected chi connectivity index (χ4v) is 2.57. The molecule has 22 heavy (non-hydrogen) atoms. The zero-order valence-corrected chi connectivity index (χ0v) is 12.6. The minimum Gasteiger partial charge on any atom is -0.455 e. The number of rotatable bonds is 3. The third-order valence-corrected chi connectivity index (χ3v) is 3.80. The Balaban J connectivity index is 2.04. The quantitative estimate of drug-likeness (QED) is 0.446. The Morgan fingerprint density at radius 2 is 1.55 bits per heavy atom. The summed E-state index contributed by atoms with van der Waals surface area (Å²) in [4.78, 5) is 10.2. The molecule has 0 aliphatic carbocycles. The first-order valence-corrected chi connectivity index (χ1v) is 7.11. The van der Waals surface area contributed by atoms with Crippen molar-refractivity contribution in [1.82, 2.24) is 0 Å². The number of fused-ring (bicyclic) bond motifs is 1. The van der Waals surface area contributed by atoms with Crippen molar-refractivity contribution >= 4 is 39.7 Å². The van der Waals surface area contributed by atoms with Crippen molar-refractivity contribution in [1.29, 1.82) is 0 Å². The number of hydrogen-bond acceptors (Lipinski definition) is 3. The van der Waals surface area contributed by atoms with E-state index in [1.807, 2.05) is 24.3 Å². The van der Waals surface area contributed by atoms with Crippen molar-refractivity contribution in [2.45, 2.75) is 0 Å². The van der Waals surface area contributed by atoms with Gasteiger partial charge in [0.15, 0.2) is 0 Å². The van der Waals surface area contributed by atoms with Gasteiger partial charge < -0.3 is 4.74 Å². The van der Waals surface area contributed by atoms with E-state index in [4.69, 9.17) is 27.9 Å². The Labute approximate surface area is 136 Å². The molecule has 6 heteroatoms. The van der Waals surface area contributed by atoms with E-state index in [1.54, 1.807) is 12.1 Å². The van der Waals surface area contributed by atoms with Crippen LogP contribution in [-0.4, -0.2) is 4.92 Å². The highest BCUT2D eigenvalue weighted by Crippen LogP contribution is 2.37. The zero-order valence-electron chi connectivity index (χ0n) is 11.1. The van der Waals surface area contributed by atoms with Gasteiger partial charge in [-0.3, -0.25) is 10.1 Å². The standard InChI is InChI=1S/C16H9Cl2NO3/c17-13-6-8-15(12-4-2-1-3-11(12)13)22-16-7-5-10(19(20)21)9-14(16)18/h1-9H. The summed E-state index contributed by atoms with van der Waals surface area (Å²) in [7, 11) is 0. The normalized spacial score (nSPS) is 10.6. The van der Waals surface area contributed by atoms with E-state index < -0.39 is 4.92 Å². The van der Waals surface area contributed by atoms with Gasteiger partial charge >= 0.3 is 0 Å². The lowest BCUT2D eigenvalue weighted by Gasteiger charge is -2.11. The van der Waals surface area contributed by atoms with Crippen LogP contribution in [0.3, 0.4) is 0 Å². The summed E-state index contributed by atoms with van der Waals surface area (Å²) < 4.78 is 5.80. The van der Waals surface area contributed by atoms with E-state index in [0.29, 0.717) is 16.5 Å². The first-order chi connectivity index (χ1) is 10.6. The predicted molar refractivity (Wildman–Crippen MR) is 87.1 cm³/mol. The average Bonchev–Trinajstić information content (AvgIpc) is 2.52. The molecule has 3 aromatic carbocycles. The number of halogens is 2. The second-order valence-corrected chi connectivity index (χ2v) is 5.38. The van der Waals surface area contributed by atoms with Gasteiger partial charge in [-0.2, -0.15) is 0 Å². The molecular formula is C16H9Cl2NO3. The van der Waals surface area contributed by atoms with Crippen molar-refractivity contribution in [2.24, 2.45) is 0 Å². The van der Waals surface area contributed by atoms with Crippen molar-refractivity contribution in [3.63, 3.8) is 0 Å². The summed E-state index contributed by atoms with van der Waals surface area (Å²) in [6.45, 7) is 0. The van der Waals surface area contributed by atoms with Gasteiger partial charge in [-0.15, -0.1) is 0 Å². The molecule has 0 aliphatic heterocycles. The van der Waals surface area contributed by atoms with Crippen molar-refractivity contribution < 1.29 is 9.66 Å². The lowest BCUT2D eigenvalue weighted by molar-refractivity contribution is -0.384. The maximum atomic E-state index is 10.7. The lowest BCUT2D eigenvalue weighted by atomic mass is 10.1. The molecule has 0 saturated heterocycles. The van der Waals surface area contributed by atoms with E-state index >= 15 is 0 Å². The average molecular weight is 334 g/mol. The third kappa shape index (κ3) is 2.71. The van der Waals surface area contributed by atoms with Crippen LogP contribution >= 0.6 is 23.2 Å². The lowest BCUT2D eigenvalue weighted by Crippen LogP contribution is -1.91. The van der Waals surface area contributed by atoms with E-state index in [0.717, 1.165) is 10.8 Å². The number of nitrogens with zero attached hydrogens (tertiary/aromatic N) is 1. The van der Waals surface area contributed by atoms with Crippen LogP contribution in [0.5, 0.6) is 11.5 Å².